The van der Waals surface area contributed by atoms with Gasteiger partial charge in [-0.25, -0.2) is 0 Å². The van der Waals surface area contributed by atoms with Crippen LogP contribution in [0, 0.1) is 0 Å². The fourth-order valence-corrected chi connectivity index (χ4v) is 0. The van der Waals surface area contributed by atoms with E-state index in [2.05, 4.69) is 0 Å². The Kier molecular flexibility index (Phi) is 105. The maximum atomic E-state index is 9.30. The van der Waals surface area contributed by atoms with Crippen LogP contribution in [0.2, 0.25) is 0 Å². The summed E-state index contributed by atoms with van der Waals surface area (Å²) < 4.78 is 0. The minimum atomic E-state index is -0.167. The van der Waals surface area contributed by atoms with Crippen LogP contribution < -0.4 is 20.4 Å². The summed E-state index contributed by atoms with van der Waals surface area (Å²) in [4.78, 5) is 0. The summed E-state index contributed by atoms with van der Waals surface area (Å²) in [7, 11) is 0. The number of rotatable bonds is 4. The first-order valence-electron chi connectivity index (χ1n) is 7.40. The smallest absolute Gasteiger partial charge is 0.854 e. The molecule has 0 saturated heterocycles. The molecule has 0 aromatic rings. The van der Waals surface area contributed by atoms with E-state index < -0.39 is 0 Å². The van der Waals surface area contributed by atoms with Crippen molar-refractivity contribution in [1.29, 1.82) is 0 Å². The summed E-state index contributed by atoms with van der Waals surface area (Å²) in [6.45, 7) is 11.2. The van der Waals surface area contributed by atoms with E-state index in [1.807, 2.05) is 27.7 Å². The second-order valence-electron chi connectivity index (χ2n) is 3.91. The third kappa shape index (κ3) is 329. The van der Waals surface area contributed by atoms with E-state index in [4.69, 9.17) is 5.11 Å². The van der Waals surface area contributed by atoms with Gasteiger partial charge in [-0.1, -0.05) is 53.4 Å². The Labute approximate surface area is 151 Å². The molecule has 21 heavy (non-hydrogen) atoms. The van der Waals surface area contributed by atoms with Gasteiger partial charge in [-0.3, -0.25) is 0 Å². The predicted octanol–water partition coefficient (Wildman–Crippen LogP) is -0.589. The van der Waals surface area contributed by atoms with Gasteiger partial charge < -0.3 is 25.5 Å². The summed E-state index contributed by atoms with van der Waals surface area (Å²) in [5.74, 6) is 0. The largest absolute Gasteiger partial charge is 4.00 e. The quantitative estimate of drug-likeness (QED) is 0.693. The molecular weight excluding hydrogens is 351 g/mol. The molecule has 0 aliphatic heterocycles. The molecule has 0 heterocycles. The van der Waals surface area contributed by atoms with Crippen molar-refractivity contribution in [3.63, 3.8) is 0 Å². The number of hydrogen-bond acceptors (Lipinski definition) is 5. The zero-order valence-corrected chi connectivity index (χ0v) is 17.3. The van der Waals surface area contributed by atoms with Crippen molar-refractivity contribution in [3.8, 4) is 0 Å². The van der Waals surface area contributed by atoms with Crippen LogP contribution in [-0.4, -0.2) is 37.6 Å². The van der Waals surface area contributed by atoms with Crippen molar-refractivity contribution < 1.29 is 51.7 Å². The van der Waals surface area contributed by atoms with E-state index in [-0.39, 0.29) is 58.7 Å². The molecule has 0 rings (SSSR count). The zero-order valence-electron chi connectivity index (χ0n) is 14.8. The predicted molar refractivity (Wildman–Crippen MR) is 78.0 cm³/mol. The Bertz CT molecular complexity index is 69.4. The Balaban J connectivity index is -0.0000000331. The number of aliphatic hydroxyl groups is 1. The van der Waals surface area contributed by atoms with E-state index >= 15 is 0 Å². The van der Waals surface area contributed by atoms with Crippen LogP contribution in [0.25, 0.3) is 0 Å². The van der Waals surface area contributed by atoms with Gasteiger partial charge in [0.15, 0.2) is 0 Å². The second kappa shape index (κ2) is 58.7. The SMILES string of the molecule is CC(C)O.CCC[O-].CCC[O-].CCC[O-].CCC[O-].[Zr+4]. The Morgan fingerprint density at radius 1 is 0.619 bits per heavy atom. The summed E-state index contributed by atoms with van der Waals surface area (Å²) in [6, 6.07) is 0. The van der Waals surface area contributed by atoms with Gasteiger partial charge in [-0.15, -0.1) is 26.4 Å². The molecular formula is C15H36O5Zr. The van der Waals surface area contributed by atoms with Crippen LogP contribution in [0.4, 0.5) is 0 Å². The van der Waals surface area contributed by atoms with Crippen LogP contribution >= 0.6 is 0 Å². The molecule has 0 saturated carbocycles. The van der Waals surface area contributed by atoms with E-state index in [1.54, 1.807) is 13.8 Å². The molecule has 0 aromatic carbocycles. The molecule has 0 amide bonds. The van der Waals surface area contributed by atoms with E-state index in [9.17, 15) is 20.4 Å². The molecule has 0 fully saturated rings. The molecule has 0 atom stereocenters. The van der Waals surface area contributed by atoms with Gasteiger partial charge in [0.1, 0.15) is 0 Å². The normalized spacial score (nSPS) is 7.43. The summed E-state index contributed by atoms with van der Waals surface area (Å²) in [5, 5.41) is 45.2. The van der Waals surface area contributed by atoms with Crippen LogP contribution in [-0.2, 0) is 26.2 Å². The molecule has 130 valence electrons. The van der Waals surface area contributed by atoms with Crippen LogP contribution in [0.3, 0.4) is 0 Å². The van der Waals surface area contributed by atoms with E-state index in [1.165, 1.54) is 0 Å². The molecule has 0 bridgehead atoms. The zero-order chi connectivity index (χ0) is 17.2. The van der Waals surface area contributed by atoms with Gasteiger partial charge >= 0.3 is 26.2 Å². The minimum Gasteiger partial charge on any atom is -0.854 e. The first kappa shape index (κ1) is 37.7. The van der Waals surface area contributed by atoms with Crippen molar-refractivity contribution in [3.05, 3.63) is 0 Å². The number of aliphatic hydroxyl groups excluding tert-OH is 1. The second-order valence-corrected chi connectivity index (χ2v) is 3.91. The maximum Gasteiger partial charge on any atom is 4.00 e. The summed E-state index contributed by atoms with van der Waals surface area (Å²) in [5.41, 5.74) is 0. The van der Waals surface area contributed by atoms with Crippen molar-refractivity contribution in [2.24, 2.45) is 0 Å². The maximum absolute atomic E-state index is 9.30. The molecule has 0 aliphatic rings. The molecule has 0 radical (unpaired) electrons. The van der Waals surface area contributed by atoms with Gasteiger partial charge in [0, 0.05) is 6.10 Å². The summed E-state index contributed by atoms with van der Waals surface area (Å²) >= 11 is 0. The molecule has 0 spiro atoms. The van der Waals surface area contributed by atoms with E-state index in [0.717, 1.165) is 25.7 Å². The van der Waals surface area contributed by atoms with Crippen molar-refractivity contribution >= 4 is 0 Å². The first-order valence-corrected chi connectivity index (χ1v) is 7.40. The standard InChI is InChI=1S/C3H8O.4C3H7O.Zr/c1-3(2)4;4*1-2-3-4;/h3-4H,1-2H3;4*2-3H2,1H3;/q;4*-1;+4. The van der Waals surface area contributed by atoms with Crippen molar-refractivity contribution in [2.45, 2.75) is 73.3 Å². The van der Waals surface area contributed by atoms with Gasteiger partial charge in [-0.05, 0) is 13.8 Å². The number of hydrogen-bond donors (Lipinski definition) is 1. The Morgan fingerprint density at radius 3 is 0.667 bits per heavy atom. The monoisotopic (exact) mass is 386 g/mol. The van der Waals surface area contributed by atoms with Crippen LogP contribution in [0.5, 0.6) is 0 Å². The topological polar surface area (TPSA) is 112 Å². The molecule has 0 unspecified atom stereocenters. The molecule has 6 heteroatoms. The average molecular weight is 388 g/mol. The summed E-state index contributed by atoms with van der Waals surface area (Å²) in [6.07, 6.45) is 2.89. The third-order valence-electron chi connectivity index (χ3n) is 0.816. The minimum absolute atomic E-state index is 0. The molecule has 0 aliphatic carbocycles. The molecule has 1 N–H and O–H groups in total. The van der Waals surface area contributed by atoms with Crippen LogP contribution in [0.1, 0.15) is 67.2 Å². The average Bonchev–Trinajstić information content (AvgIpc) is 2.47. The van der Waals surface area contributed by atoms with E-state index in [0.29, 0.717) is 0 Å². The van der Waals surface area contributed by atoms with Gasteiger partial charge in [0.2, 0.25) is 0 Å². The van der Waals surface area contributed by atoms with Gasteiger partial charge in [0.25, 0.3) is 0 Å². The fraction of sp³-hybridized carbons (Fsp3) is 1.00. The Morgan fingerprint density at radius 2 is 0.667 bits per heavy atom. The third-order valence-corrected chi connectivity index (χ3v) is 0.816. The molecule has 0 aromatic heterocycles. The van der Waals surface area contributed by atoms with Crippen LogP contribution in [0.15, 0.2) is 0 Å². The molecule has 5 nitrogen and oxygen atoms in total. The van der Waals surface area contributed by atoms with Gasteiger partial charge in [0.05, 0.1) is 0 Å². The Hall–Kier alpha value is 0.683. The van der Waals surface area contributed by atoms with Crippen molar-refractivity contribution in [1.82, 2.24) is 0 Å². The first-order chi connectivity index (χ1) is 9.39. The fourth-order valence-electron chi connectivity index (χ4n) is 0. The van der Waals surface area contributed by atoms with Crippen molar-refractivity contribution in [2.75, 3.05) is 26.4 Å². The van der Waals surface area contributed by atoms with Gasteiger partial charge in [-0.2, -0.15) is 0 Å².